The van der Waals surface area contributed by atoms with Gasteiger partial charge in [0, 0.05) is 0 Å². The van der Waals surface area contributed by atoms with Crippen LogP contribution in [0, 0.1) is 0 Å². The first-order valence-corrected chi connectivity index (χ1v) is 3.32. The third-order valence-corrected chi connectivity index (χ3v) is 1.46. The first-order valence-electron chi connectivity index (χ1n) is 3.32. The lowest BCUT2D eigenvalue weighted by molar-refractivity contribution is 0.0651. The Kier molecular flexibility index (Phi) is 5.71. The first-order chi connectivity index (χ1) is 6.02. The minimum Gasteiger partial charge on any atom is -0.508 e. The Morgan fingerprint density at radius 1 is 0.933 bits per heavy atom. The summed E-state index contributed by atoms with van der Waals surface area (Å²) >= 11 is 0. The zero-order valence-electron chi connectivity index (χ0n) is 7.80. The highest BCUT2D eigenvalue weighted by Gasteiger charge is 2.15. The van der Waals surface area contributed by atoms with Crippen molar-refractivity contribution in [3.8, 4) is 5.75 Å². The zero-order valence-corrected chi connectivity index (χ0v) is 7.80. The van der Waals surface area contributed by atoms with E-state index in [1.807, 2.05) is 0 Å². The molecular weight excluding hydrogens is 204 g/mol. The van der Waals surface area contributed by atoms with Gasteiger partial charge in [0.15, 0.2) is 0 Å². The van der Waals surface area contributed by atoms with Gasteiger partial charge in [0.05, 0.1) is 11.1 Å². The van der Waals surface area contributed by atoms with Crippen molar-refractivity contribution in [1.82, 2.24) is 12.3 Å². The average molecular weight is 216 g/mol. The molecule has 0 unspecified atom stereocenters. The molecular formula is C8H12N2O5. The van der Waals surface area contributed by atoms with Gasteiger partial charge in [0.25, 0.3) is 0 Å². The number of aromatic carboxylic acids is 2. The first kappa shape index (κ1) is 15.4. The van der Waals surface area contributed by atoms with Gasteiger partial charge >= 0.3 is 11.9 Å². The molecule has 9 N–H and O–H groups in total. The maximum absolute atomic E-state index is 10.5. The standard InChI is InChI=1S/C8H6O5.2H3N/c9-4-1-2-5(7(10)11)6(3-4)8(12)13;;/h1-3,9H,(H,10,11)(H,12,13);2*1H3. The van der Waals surface area contributed by atoms with Gasteiger partial charge in [-0.05, 0) is 18.2 Å². The van der Waals surface area contributed by atoms with Crippen molar-refractivity contribution < 1.29 is 24.9 Å². The number of aromatic hydroxyl groups is 1. The number of hydrogen-bond donors (Lipinski definition) is 5. The van der Waals surface area contributed by atoms with Crippen molar-refractivity contribution >= 4 is 11.9 Å². The summed E-state index contributed by atoms with van der Waals surface area (Å²) in [5.74, 6) is -2.99. The van der Waals surface area contributed by atoms with Gasteiger partial charge in [-0.25, -0.2) is 9.59 Å². The summed E-state index contributed by atoms with van der Waals surface area (Å²) in [7, 11) is 0. The number of hydrogen-bond acceptors (Lipinski definition) is 5. The van der Waals surface area contributed by atoms with E-state index in [0.29, 0.717) is 0 Å². The lowest BCUT2D eigenvalue weighted by Gasteiger charge is -2.00. The van der Waals surface area contributed by atoms with Crippen LogP contribution in [0.1, 0.15) is 20.7 Å². The smallest absolute Gasteiger partial charge is 0.336 e. The molecule has 0 aliphatic rings. The van der Waals surface area contributed by atoms with E-state index >= 15 is 0 Å². The average Bonchev–Trinajstić information content (AvgIpc) is 2.03. The predicted molar refractivity (Wildman–Crippen MR) is 52.1 cm³/mol. The van der Waals surface area contributed by atoms with Crippen molar-refractivity contribution in [3.05, 3.63) is 29.3 Å². The molecule has 0 saturated heterocycles. The Balaban J connectivity index is 0. The van der Waals surface area contributed by atoms with E-state index in [4.69, 9.17) is 15.3 Å². The predicted octanol–water partition coefficient (Wildman–Crippen LogP) is 1.11. The van der Waals surface area contributed by atoms with Crippen molar-refractivity contribution in [2.75, 3.05) is 0 Å². The third-order valence-electron chi connectivity index (χ3n) is 1.46. The van der Waals surface area contributed by atoms with E-state index in [9.17, 15) is 9.59 Å². The molecule has 0 aromatic heterocycles. The van der Waals surface area contributed by atoms with Crippen LogP contribution in [0.5, 0.6) is 5.75 Å². The van der Waals surface area contributed by atoms with Crippen LogP contribution in [-0.4, -0.2) is 27.3 Å². The highest BCUT2D eigenvalue weighted by molar-refractivity contribution is 6.01. The highest BCUT2D eigenvalue weighted by atomic mass is 16.4. The molecule has 0 radical (unpaired) electrons. The molecule has 0 heterocycles. The molecule has 7 heteroatoms. The maximum atomic E-state index is 10.5. The summed E-state index contributed by atoms with van der Waals surface area (Å²) in [6.45, 7) is 0. The van der Waals surface area contributed by atoms with Gasteiger partial charge in [-0.1, -0.05) is 0 Å². The highest BCUT2D eigenvalue weighted by Crippen LogP contribution is 2.16. The van der Waals surface area contributed by atoms with Crippen LogP contribution in [0.3, 0.4) is 0 Å². The molecule has 0 aliphatic carbocycles. The Labute approximate surface area is 85.1 Å². The third kappa shape index (κ3) is 3.25. The fourth-order valence-electron chi connectivity index (χ4n) is 0.896. The summed E-state index contributed by atoms with van der Waals surface area (Å²) in [6.07, 6.45) is 0. The number of phenols is 1. The molecule has 0 bridgehead atoms. The lowest BCUT2D eigenvalue weighted by Crippen LogP contribution is -2.07. The normalized spacial score (nSPS) is 8.27. The topological polar surface area (TPSA) is 165 Å². The van der Waals surface area contributed by atoms with E-state index in [2.05, 4.69) is 0 Å². The summed E-state index contributed by atoms with van der Waals surface area (Å²) in [4.78, 5) is 21.0. The molecule has 0 aliphatic heterocycles. The largest absolute Gasteiger partial charge is 0.508 e. The number of carboxylic acid groups (broad SMARTS) is 2. The summed E-state index contributed by atoms with van der Waals surface area (Å²) < 4.78 is 0. The molecule has 15 heavy (non-hydrogen) atoms. The Morgan fingerprint density at radius 2 is 1.40 bits per heavy atom. The second kappa shape index (κ2) is 5.58. The molecule has 1 aromatic carbocycles. The van der Waals surface area contributed by atoms with Crippen LogP contribution in [0.2, 0.25) is 0 Å². The zero-order chi connectivity index (χ0) is 10.0. The fraction of sp³-hybridized carbons (Fsp3) is 0. The Hall–Kier alpha value is -2.12. The number of benzene rings is 1. The molecule has 84 valence electrons. The summed E-state index contributed by atoms with van der Waals surface area (Å²) in [5, 5.41) is 26.0. The van der Waals surface area contributed by atoms with Crippen LogP contribution in [0.4, 0.5) is 0 Å². The van der Waals surface area contributed by atoms with Gasteiger partial charge in [-0.3, -0.25) is 0 Å². The van der Waals surface area contributed by atoms with Crippen molar-refractivity contribution in [2.24, 2.45) is 0 Å². The number of phenolic OH excluding ortho intramolecular Hbond substituents is 1. The van der Waals surface area contributed by atoms with Gasteiger partial charge in [-0.15, -0.1) is 0 Å². The number of rotatable bonds is 2. The lowest BCUT2D eigenvalue weighted by atomic mass is 10.1. The fourth-order valence-corrected chi connectivity index (χ4v) is 0.896. The second-order valence-corrected chi connectivity index (χ2v) is 2.34. The van der Waals surface area contributed by atoms with Gasteiger partial charge in [-0.2, -0.15) is 0 Å². The molecule has 7 nitrogen and oxygen atoms in total. The maximum Gasteiger partial charge on any atom is 0.336 e. The van der Waals surface area contributed by atoms with Crippen molar-refractivity contribution in [3.63, 3.8) is 0 Å². The number of carbonyl (C=O) groups is 2. The molecule has 0 fully saturated rings. The van der Waals surface area contributed by atoms with Crippen LogP contribution in [0.25, 0.3) is 0 Å². The molecule has 0 amide bonds. The quantitative estimate of drug-likeness (QED) is 0.493. The van der Waals surface area contributed by atoms with Gasteiger partial charge in [0.2, 0.25) is 0 Å². The van der Waals surface area contributed by atoms with E-state index in [1.54, 1.807) is 0 Å². The van der Waals surface area contributed by atoms with E-state index in [1.165, 1.54) is 0 Å². The summed E-state index contributed by atoms with van der Waals surface area (Å²) in [6, 6.07) is 3.06. The van der Waals surface area contributed by atoms with E-state index in [0.717, 1.165) is 18.2 Å². The van der Waals surface area contributed by atoms with Crippen molar-refractivity contribution in [2.45, 2.75) is 0 Å². The minimum atomic E-state index is -1.38. The van der Waals surface area contributed by atoms with Crippen LogP contribution >= 0.6 is 0 Å². The van der Waals surface area contributed by atoms with Crippen molar-refractivity contribution in [1.29, 1.82) is 0 Å². The minimum absolute atomic E-state index is 0. The van der Waals surface area contributed by atoms with Crippen LogP contribution in [0.15, 0.2) is 18.2 Å². The van der Waals surface area contributed by atoms with Gasteiger partial charge in [0.1, 0.15) is 5.75 Å². The Bertz CT molecular complexity index is 377. The number of carboxylic acids is 2. The second-order valence-electron chi connectivity index (χ2n) is 2.34. The monoisotopic (exact) mass is 216 g/mol. The van der Waals surface area contributed by atoms with E-state index in [-0.39, 0.29) is 23.6 Å². The molecule has 0 spiro atoms. The Morgan fingerprint density at radius 3 is 1.80 bits per heavy atom. The van der Waals surface area contributed by atoms with Gasteiger partial charge < -0.3 is 27.6 Å². The van der Waals surface area contributed by atoms with Crippen LogP contribution in [-0.2, 0) is 0 Å². The SMILES string of the molecule is N.N.O=C(O)c1ccc(O)cc1C(=O)O. The molecule has 1 rings (SSSR count). The van der Waals surface area contributed by atoms with Crippen LogP contribution < -0.4 is 12.3 Å². The molecule has 1 aromatic rings. The molecule has 0 atom stereocenters. The molecule has 0 saturated carbocycles. The summed E-state index contributed by atoms with van der Waals surface area (Å²) in [5.41, 5.74) is -0.766. The van der Waals surface area contributed by atoms with E-state index < -0.39 is 17.5 Å².